The first-order chi connectivity index (χ1) is 8.95. The van der Waals surface area contributed by atoms with Crippen molar-refractivity contribution >= 4 is 11.9 Å². The monoisotopic (exact) mass is 264 g/mol. The van der Waals surface area contributed by atoms with Crippen molar-refractivity contribution in [1.82, 2.24) is 5.32 Å². The number of ether oxygens (including phenoxy) is 1. The van der Waals surface area contributed by atoms with Crippen LogP contribution in [0.1, 0.15) is 31.1 Å². The number of carboxylic acid groups (broad SMARTS) is 1. The number of amides is 1. The Morgan fingerprint density at radius 1 is 1.26 bits per heavy atom. The Balaban J connectivity index is 2.74. The molecular formula is C14H18NO4-. The second-order valence-electron chi connectivity index (χ2n) is 4.47. The summed E-state index contributed by atoms with van der Waals surface area (Å²) >= 11 is 0. The third-order valence-corrected chi connectivity index (χ3v) is 2.63. The molecule has 1 amide bonds. The SMILES string of the molecule is CCOc1ccc(C(=O)N[C@@H](C(=O)[O-])C(C)C)cc1. The Hall–Kier alpha value is -2.04. The number of nitrogens with one attached hydrogen (secondary N) is 1. The van der Waals surface area contributed by atoms with Gasteiger partial charge in [0, 0.05) is 5.56 Å². The van der Waals surface area contributed by atoms with Gasteiger partial charge in [-0.05, 0) is 37.1 Å². The quantitative estimate of drug-likeness (QED) is 0.815. The molecule has 19 heavy (non-hydrogen) atoms. The second-order valence-corrected chi connectivity index (χ2v) is 4.47. The van der Waals surface area contributed by atoms with E-state index in [4.69, 9.17) is 4.74 Å². The molecule has 1 aromatic carbocycles. The van der Waals surface area contributed by atoms with Crippen LogP contribution in [0.5, 0.6) is 5.75 Å². The van der Waals surface area contributed by atoms with E-state index in [2.05, 4.69) is 5.32 Å². The summed E-state index contributed by atoms with van der Waals surface area (Å²) < 4.78 is 5.26. The van der Waals surface area contributed by atoms with Gasteiger partial charge >= 0.3 is 0 Å². The molecule has 5 nitrogen and oxygen atoms in total. The second kappa shape index (κ2) is 6.78. The summed E-state index contributed by atoms with van der Waals surface area (Å²) in [5.41, 5.74) is 0.385. The van der Waals surface area contributed by atoms with E-state index in [1.165, 1.54) is 0 Å². The lowest BCUT2D eigenvalue weighted by molar-refractivity contribution is -0.309. The van der Waals surface area contributed by atoms with Crippen molar-refractivity contribution in [2.75, 3.05) is 6.61 Å². The van der Waals surface area contributed by atoms with Crippen molar-refractivity contribution in [2.24, 2.45) is 5.92 Å². The van der Waals surface area contributed by atoms with Gasteiger partial charge in [-0.1, -0.05) is 13.8 Å². The summed E-state index contributed by atoms with van der Waals surface area (Å²) in [7, 11) is 0. The van der Waals surface area contributed by atoms with Gasteiger partial charge in [-0.2, -0.15) is 0 Å². The minimum absolute atomic E-state index is 0.239. The van der Waals surface area contributed by atoms with Gasteiger partial charge in [0.15, 0.2) is 0 Å². The number of carboxylic acids is 1. The van der Waals surface area contributed by atoms with Crippen molar-refractivity contribution in [2.45, 2.75) is 26.8 Å². The molecule has 1 rings (SSSR count). The fraction of sp³-hybridized carbons (Fsp3) is 0.429. The summed E-state index contributed by atoms with van der Waals surface area (Å²) in [5.74, 6) is -1.30. The molecule has 0 saturated heterocycles. The minimum atomic E-state index is -1.28. The molecule has 1 aromatic rings. The molecule has 1 atom stereocenters. The molecule has 104 valence electrons. The highest BCUT2D eigenvalue weighted by atomic mass is 16.5. The number of carbonyl (C=O) groups excluding carboxylic acids is 2. The lowest BCUT2D eigenvalue weighted by Crippen LogP contribution is -2.50. The molecule has 5 heteroatoms. The first-order valence-electron chi connectivity index (χ1n) is 6.20. The maximum atomic E-state index is 11.9. The maximum Gasteiger partial charge on any atom is 0.251 e. The zero-order valence-electron chi connectivity index (χ0n) is 11.3. The molecule has 0 fully saturated rings. The summed E-state index contributed by atoms with van der Waals surface area (Å²) in [6.45, 7) is 5.83. The van der Waals surface area contributed by atoms with E-state index in [-0.39, 0.29) is 5.92 Å². The predicted molar refractivity (Wildman–Crippen MR) is 68.7 cm³/mol. The number of aliphatic carboxylic acids is 1. The summed E-state index contributed by atoms with van der Waals surface area (Å²) in [6.07, 6.45) is 0. The van der Waals surface area contributed by atoms with E-state index in [1.807, 2.05) is 6.92 Å². The van der Waals surface area contributed by atoms with Gasteiger partial charge in [0.2, 0.25) is 0 Å². The van der Waals surface area contributed by atoms with E-state index < -0.39 is 17.9 Å². The molecule has 0 aliphatic rings. The van der Waals surface area contributed by atoms with Gasteiger partial charge in [0.05, 0.1) is 18.6 Å². The van der Waals surface area contributed by atoms with Crippen LogP contribution in [-0.2, 0) is 4.79 Å². The molecular weight excluding hydrogens is 246 g/mol. The van der Waals surface area contributed by atoms with Crippen LogP contribution in [0.3, 0.4) is 0 Å². The van der Waals surface area contributed by atoms with Gasteiger partial charge < -0.3 is 20.0 Å². The molecule has 0 aliphatic heterocycles. The van der Waals surface area contributed by atoms with Crippen LogP contribution in [0.15, 0.2) is 24.3 Å². The summed E-state index contributed by atoms with van der Waals surface area (Å²) in [5, 5.41) is 13.3. The van der Waals surface area contributed by atoms with Gasteiger partial charge in [-0.3, -0.25) is 4.79 Å². The van der Waals surface area contributed by atoms with Crippen LogP contribution >= 0.6 is 0 Å². The molecule has 0 spiro atoms. The van der Waals surface area contributed by atoms with E-state index in [1.54, 1.807) is 38.1 Å². The smallest absolute Gasteiger partial charge is 0.251 e. The molecule has 0 saturated carbocycles. The predicted octanol–water partition coefficient (Wildman–Crippen LogP) is 0.590. The van der Waals surface area contributed by atoms with Gasteiger partial charge in [-0.15, -0.1) is 0 Å². The van der Waals surface area contributed by atoms with Crippen molar-refractivity contribution in [1.29, 1.82) is 0 Å². The summed E-state index contributed by atoms with van der Waals surface area (Å²) in [4.78, 5) is 22.8. The third kappa shape index (κ3) is 4.28. The van der Waals surface area contributed by atoms with Crippen molar-refractivity contribution in [3.05, 3.63) is 29.8 Å². The zero-order valence-corrected chi connectivity index (χ0v) is 11.3. The van der Waals surface area contributed by atoms with Crippen molar-refractivity contribution in [3.8, 4) is 5.75 Å². The Bertz CT molecular complexity index is 439. The highest BCUT2D eigenvalue weighted by molar-refractivity contribution is 5.96. The highest BCUT2D eigenvalue weighted by Gasteiger charge is 2.18. The third-order valence-electron chi connectivity index (χ3n) is 2.63. The average molecular weight is 264 g/mol. The largest absolute Gasteiger partial charge is 0.548 e. The lowest BCUT2D eigenvalue weighted by atomic mass is 10.0. The first-order valence-corrected chi connectivity index (χ1v) is 6.20. The van der Waals surface area contributed by atoms with E-state index >= 15 is 0 Å². The first kappa shape index (κ1) is 15.0. The van der Waals surface area contributed by atoms with E-state index in [0.29, 0.717) is 17.9 Å². The number of rotatable bonds is 6. The Morgan fingerprint density at radius 3 is 2.26 bits per heavy atom. The zero-order chi connectivity index (χ0) is 14.4. The van der Waals surface area contributed by atoms with Crippen LogP contribution in [0.4, 0.5) is 0 Å². The maximum absolute atomic E-state index is 11.9. The van der Waals surface area contributed by atoms with Gasteiger partial charge in [0.25, 0.3) is 5.91 Å². The van der Waals surface area contributed by atoms with Gasteiger partial charge in [-0.25, -0.2) is 0 Å². The molecule has 1 N–H and O–H groups in total. The molecule has 0 aromatic heterocycles. The van der Waals surface area contributed by atoms with E-state index in [9.17, 15) is 14.7 Å². The van der Waals surface area contributed by atoms with E-state index in [0.717, 1.165) is 0 Å². The van der Waals surface area contributed by atoms with Crippen LogP contribution < -0.4 is 15.2 Å². The fourth-order valence-electron chi connectivity index (χ4n) is 1.59. The molecule has 0 unspecified atom stereocenters. The molecule has 0 aliphatic carbocycles. The van der Waals surface area contributed by atoms with Gasteiger partial charge in [0.1, 0.15) is 5.75 Å². The number of benzene rings is 1. The molecule has 0 bridgehead atoms. The lowest BCUT2D eigenvalue weighted by Gasteiger charge is -2.23. The van der Waals surface area contributed by atoms with Crippen LogP contribution in [0, 0.1) is 5.92 Å². The fourth-order valence-corrected chi connectivity index (χ4v) is 1.59. The standard InChI is InChI=1S/C14H19NO4/c1-4-19-11-7-5-10(6-8-11)13(16)15-12(9(2)3)14(17)18/h5-9,12H,4H2,1-3H3,(H,15,16)(H,17,18)/p-1/t12-/m1/s1. The normalized spacial score (nSPS) is 12.0. The molecule has 0 radical (unpaired) electrons. The summed E-state index contributed by atoms with van der Waals surface area (Å²) in [6, 6.07) is 5.52. The Kier molecular flexibility index (Phi) is 5.36. The average Bonchev–Trinajstić information content (AvgIpc) is 2.36. The number of hydrogen-bond acceptors (Lipinski definition) is 4. The number of carbonyl (C=O) groups is 2. The Morgan fingerprint density at radius 2 is 1.84 bits per heavy atom. The van der Waals surface area contributed by atoms with Crippen LogP contribution in [0.2, 0.25) is 0 Å². The molecule has 0 heterocycles. The minimum Gasteiger partial charge on any atom is -0.548 e. The van der Waals surface area contributed by atoms with Crippen LogP contribution in [-0.4, -0.2) is 24.5 Å². The van der Waals surface area contributed by atoms with Crippen LogP contribution in [0.25, 0.3) is 0 Å². The van der Waals surface area contributed by atoms with Crippen molar-refractivity contribution < 1.29 is 19.4 Å². The highest BCUT2D eigenvalue weighted by Crippen LogP contribution is 2.12. The Labute approximate surface area is 112 Å². The van der Waals surface area contributed by atoms with Crippen molar-refractivity contribution in [3.63, 3.8) is 0 Å². The topological polar surface area (TPSA) is 78.5 Å². The number of hydrogen-bond donors (Lipinski definition) is 1.